The summed E-state index contributed by atoms with van der Waals surface area (Å²) >= 11 is 3.35. The van der Waals surface area contributed by atoms with Crippen LogP contribution in [0, 0.1) is 7.05 Å². The first kappa shape index (κ1) is 9.26. The Bertz CT molecular complexity index is 286. The third-order valence-electron chi connectivity index (χ3n) is 1.51. The van der Waals surface area contributed by atoms with E-state index in [1.807, 2.05) is 24.3 Å². The molecule has 0 spiro atoms. The van der Waals surface area contributed by atoms with Crippen molar-refractivity contribution in [3.8, 4) is 0 Å². The summed E-state index contributed by atoms with van der Waals surface area (Å²) in [5.41, 5.74) is 0.971. The molecule has 0 saturated carbocycles. The van der Waals surface area contributed by atoms with Crippen LogP contribution in [-0.2, 0) is 11.2 Å². The lowest BCUT2D eigenvalue weighted by Gasteiger charge is -2.01. The molecule has 0 aromatic heterocycles. The van der Waals surface area contributed by atoms with Crippen molar-refractivity contribution in [2.75, 3.05) is 0 Å². The highest BCUT2D eigenvalue weighted by Crippen LogP contribution is 2.15. The Labute approximate surface area is 80.1 Å². The maximum absolute atomic E-state index is 10.9. The Morgan fingerprint density at radius 1 is 1.50 bits per heavy atom. The molecule has 0 aliphatic carbocycles. The minimum absolute atomic E-state index is 0.0816. The molecule has 0 heterocycles. The third kappa shape index (κ3) is 2.34. The van der Waals surface area contributed by atoms with Crippen LogP contribution in [0.1, 0.15) is 5.56 Å². The lowest BCUT2D eigenvalue weighted by atomic mass is 10.1. The predicted octanol–water partition coefficient (Wildman–Crippen LogP) is 1.90. The quantitative estimate of drug-likeness (QED) is 0.821. The van der Waals surface area contributed by atoms with E-state index in [-0.39, 0.29) is 5.91 Å². The van der Waals surface area contributed by atoms with E-state index >= 15 is 0 Å². The molecule has 0 bridgehead atoms. The number of amides is 1. The molecule has 0 unspecified atom stereocenters. The maximum atomic E-state index is 10.9. The largest absolute Gasteiger partial charge is 0.354 e. The Hall–Kier alpha value is -0.830. The second kappa shape index (κ2) is 4.26. The van der Waals surface area contributed by atoms with Crippen molar-refractivity contribution in [3.63, 3.8) is 0 Å². The molecule has 3 heteroatoms. The highest BCUT2D eigenvalue weighted by Gasteiger charge is 2.02. The summed E-state index contributed by atoms with van der Waals surface area (Å²) < 4.78 is 0.952. The van der Waals surface area contributed by atoms with E-state index in [1.54, 1.807) is 0 Å². The molecule has 12 heavy (non-hydrogen) atoms. The molecule has 0 saturated heterocycles. The third-order valence-corrected chi connectivity index (χ3v) is 2.28. The highest BCUT2D eigenvalue weighted by molar-refractivity contribution is 9.10. The molecule has 0 aliphatic rings. The van der Waals surface area contributed by atoms with Gasteiger partial charge in [0.2, 0.25) is 5.91 Å². The van der Waals surface area contributed by atoms with Gasteiger partial charge in [-0.1, -0.05) is 34.1 Å². The van der Waals surface area contributed by atoms with Crippen molar-refractivity contribution in [2.24, 2.45) is 0 Å². The zero-order chi connectivity index (χ0) is 8.97. The molecule has 0 atom stereocenters. The van der Waals surface area contributed by atoms with Crippen LogP contribution in [0.3, 0.4) is 0 Å². The van der Waals surface area contributed by atoms with E-state index in [1.165, 1.54) is 0 Å². The predicted molar refractivity (Wildman–Crippen MR) is 51.3 cm³/mol. The minimum atomic E-state index is -0.0816. The van der Waals surface area contributed by atoms with Crippen LogP contribution in [0.4, 0.5) is 0 Å². The van der Waals surface area contributed by atoms with Gasteiger partial charge in [-0.2, -0.15) is 0 Å². The lowest BCUT2D eigenvalue weighted by Crippen LogP contribution is -2.17. The fraction of sp³-hybridized carbons (Fsp3) is 0.111. The first-order valence-corrected chi connectivity index (χ1v) is 4.32. The number of nitrogens with one attached hydrogen (secondary N) is 1. The van der Waals surface area contributed by atoms with Gasteiger partial charge in [-0.3, -0.25) is 4.79 Å². The molecular weight excluding hydrogens is 218 g/mol. The molecule has 1 aromatic rings. The topological polar surface area (TPSA) is 29.1 Å². The Balaban J connectivity index is 2.75. The van der Waals surface area contributed by atoms with E-state index < -0.39 is 0 Å². The number of carbonyl (C=O) groups excluding carboxylic acids is 1. The van der Waals surface area contributed by atoms with E-state index in [4.69, 9.17) is 0 Å². The molecule has 1 N–H and O–H groups in total. The Morgan fingerprint density at radius 3 is 2.75 bits per heavy atom. The number of benzene rings is 1. The van der Waals surface area contributed by atoms with Crippen LogP contribution in [0.25, 0.3) is 0 Å². The molecule has 0 aliphatic heterocycles. The first-order valence-electron chi connectivity index (χ1n) is 3.53. The maximum Gasteiger partial charge on any atom is 0.224 e. The van der Waals surface area contributed by atoms with Gasteiger partial charge in [0.25, 0.3) is 0 Å². The second-order valence-corrected chi connectivity index (χ2v) is 3.22. The normalized spacial score (nSPS) is 9.50. The summed E-state index contributed by atoms with van der Waals surface area (Å²) in [6.07, 6.45) is 0.366. The number of halogens is 1. The van der Waals surface area contributed by atoms with Gasteiger partial charge in [-0.15, -0.1) is 0 Å². The highest BCUT2D eigenvalue weighted by atomic mass is 79.9. The van der Waals surface area contributed by atoms with Gasteiger partial charge in [0, 0.05) is 11.5 Å². The monoisotopic (exact) mass is 226 g/mol. The van der Waals surface area contributed by atoms with Gasteiger partial charge in [0.15, 0.2) is 0 Å². The van der Waals surface area contributed by atoms with Crippen molar-refractivity contribution in [3.05, 3.63) is 41.3 Å². The van der Waals surface area contributed by atoms with Crippen molar-refractivity contribution < 1.29 is 4.79 Å². The van der Waals surface area contributed by atoms with Crippen molar-refractivity contribution in [2.45, 2.75) is 6.42 Å². The van der Waals surface area contributed by atoms with Gasteiger partial charge in [-0.05, 0) is 11.6 Å². The summed E-state index contributed by atoms with van der Waals surface area (Å²) in [7, 11) is 3.30. The molecule has 1 aromatic carbocycles. The van der Waals surface area contributed by atoms with Gasteiger partial charge in [-0.25, -0.2) is 0 Å². The van der Waals surface area contributed by atoms with E-state index in [0.717, 1.165) is 10.0 Å². The number of rotatable bonds is 2. The Morgan fingerprint density at radius 2 is 2.17 bits per heavy atom. The molecule has 0 fully saturated rings. The zero-order valence-corrected chi connectivity index (χ0v) is 8.10. The van der Waals surface area contributed by atoms with Gasteiger partial charge in [0.05, 0.1) is 6.42 Å². The second-order valence-electron chi connectivity index (χ2n) is 2.37. The van der Waals surface area contributed by atoms with Crippen molar-refractivity contribution in [1.82, 2.24) is 5.32 Å². The standard InChI is InChI=1S/C9H9BrNO/c1-11-9(12)6-7-4-2-3-5-8(7)10/h2-5H,1,6H2,(H,11,12). The summed E-state index contributed by atoms with van der Waals surface area (Å²) in [6, 6.07) is 7.62. The first-order chi connectivity index (χ1) is 5.74. The van der Waals surface area contributed by atoms with Crippen LogP contribution in [-0.4, -0.2) is 5.91 Å². The molecule has 1 radical (unpaired) electrons. The summed E-state index contributed by atoms with van der Waals surface area (Å²) in [5.74, 6) is -0.0816. The number of hydrogen-bond donors (Lipinski definition) is 1. The number of carbonyl (C=O) groups is 1. The van der Waals surface area contributed by atoms with Crippen LogP contribution in [0.5, 0.6) is 0 Å². The zero-order valence-electron chi connectivity index (χ0n) is 6.51. The fourth-order valence-corrected chi connectivity index (χ4v) is 1.30. The summed E-state index contributed by atoms with van der Waals surface area (Å²) in [4.78, 5) is 10.9. The van der Waals surface area contributed by atoms with Crippen LogP contribution in [0.15, 0.2) is 28.7 Å². The minimum Gasteiger partial charge on any atom is -0.354 e. The van der Waals surface area contributed by atoms with E-state index in [0.29, 0.717) is 6.42 Å². The average molecular weight is 227 g/mol. The van der Waals surface area contributed by atoms with E-state index in [2.05, 4.69) is 28.3 Å². The SMILES string of the molecule is [CH2]NC(=O)Cc1ccccc1Br. The number of hydrogen-bond acceptors (Lipinski definition) is 1. The summed E-state index contributed by atoms with van der Waals surface area (Å²) in [6.45, 7) is 0. The molecule has 63 valence electrons. The van der Waals surface area contributed by atoms with Crippen molar-refractivity contribution >= 4 is 21.8 Å². The molecule has 1 amide bonds. The average Bonchev–Trinajstić information content (AvgIpc) is 2.09. The van der Waals surface area contributed by atoms with Crippen LogP contribution < -0.4 is 5.32 Å². The van der Waals surface area contributed by atoms with Gasteiger partial charge < -0.3 is 5.32 Å². The van der Waals surface area contributed by atoms with Gasteiger partial charge in [0.1, 0.15) is 0 Å². The van der Waals surface area contributed by atoms with Crippen LogP contribution >= 0.6 is 15.9 Å². The van der Waals surface area contributed by atoms with Crippen molar-refractivity contribution in [1.29, 1.82) is 0 Å². The Kier molecular flexibility index (Phi) is 3.29. The van der Waals surface area contributed by atoms with Gasteiger partial charge >= 0.3 is 0 Å². The summed E-state index contributed by atoms with van der Waals surface area (Å²) in [5, 5.41) is 2.33. The lowest BCUT2D eigenvalue weighted by molar-refractivity contribution is -0.119. The van der Waals surface area contributed by atoms with Crippen LogP contribution in [0.2, 0.25) is 0 Å². The fourth-order valence-electron chi connectivity index (χ4n) is 0.877. The van der Waals surface area contributed by atoms with E-state index in [9.17, 15) is 4.79 Å². The molecular formula is C9H9BrNO. The molecule has 2 nitrogen and oxygen atoms in total. The smallest absolute Gasteiger partial charge is 0.224 e. The molecule has 1 rings (SSSR count).